The molecule has 1 aliphatic rings. The van der Waals surface area contributed by atoms with Crippen LogP contribution < -0.4 is 0 Å². The summed E-state index contributed by atoms with van der Waals surface area (Å²) < 4.78 is 10.7. The van der Waals surface area contributed by atoms with Crippen LogP contribution in [0.15, 0.2) is 0 Å². The van der Waals surface area contributed by atoms with Gasteiger partial charge in [-0.1, -0.05) is 6.92 Å². The van der Waals surface area contributed by atoms with Crippen molar-refractivity contribution in [1.29, 1.82) is 0 Å². The lowest BCUT2D eigenvalue weighted by Gasteiger charge is -2.17. The molecule has 8 heavy (non-hydrogen) atoms. The molecule has 1 rings (SSSR count). The van der Waals surface area contributed by atoms with E-state index in [0.717, 1.165) is 23.8 Å². The molecule has 1 fully saturated rings. The maximum Gasteiger partial charge on any atom is 0.118 e. The summed E-state index contributed by atoms with van der Waals surface area (Å²) in [5.41, 5.74) is 0. The second kappa shape index (κ2) is 2.99. The fourth-order valence-electron chi connectivity index (χ4n) is 0.632. The van der Waals surface area contributed by atoms with Crippen molar-refractivity contribution in [3.8, 4) is 0 Å². The maximum absolute atomic E-state index is 10.7. The predicted molar refractivity (Wildman–Crippen MR) is 39.2 cm³/mol. The van der Waals surface area contributed by atoms with Crippen molar-refractivity contribution in [2.45, 2.75) is 13.3 Å². The first kappa shape index (κ1) is 6.78. The smallest absolute Gasteiger partial charge is 0.118 e. The quantitative estimate of drug-likeness (QED) is 0.385. The molecular formula is C5H10OS2. The Kier molecular flexibility index (Phi) is 2.53. The van der Waals surface area contributed by atoms with Gasteiger partial charge in [0.25, 0.3) is 0 Å². The lowest BCUT2D eigenvalue weighted by atomic mass is 10.2. The molecule has 1 heterocycles. The summed E-state index contributed by atoms with van der Waals surface area (Å²) in [7, 11) is 1.05. The van der Waals surface area contributed by atoms with E-state index in [-0.39, 0.29) is 0 Å². The van der Waals surface area contributed by atoms with E-state index in [1.165, 1.54) is 0 Å². The van der Waals surface area contributed by atoms with E-state index in [1.54, 1.807) is 10.8 Å². The topological polar surface area (TPSA) is 23.1 Å². The van der Waals surface area contributed by atoms with Crippen molar-refractivity contribution in [2.24, 2.45) is 5.92 Å². The van der Waals surface area contributed by atoms with Crippen LogP contribution in [0.5, 0.6) is 0 Å². The van der Waals surface area contributed by atoms with Crippen LogP contribution in [0.25, 0.3) is 0 Å². The van der Waals surface area contributed by atoms with Gasteiger partial charge in [0.1, 0.15) is 5.75 Å². The second-order valence-corrected chi connectivity index (χ2v) is 5.59. The highest BCUT2D eigenvalue weighted by molar-refractivity contribution is 8.72. The zero-order valence-corrected chi connectivity index (χ0v) is 6.56. The van der Waals surface area contributed by atoms with Gasteiger partial charge < -0.3 is 4.55 Å². The van der Waals surface area contributed by atoms with Crippen LogP contribution in [0.1, 0.15) is 13.3 Å². The average Bonchev–Trinajstić information content (AvgIpc) is 1.77. The van der Waals surface area contributed by atoms with E-state index < -0.39 is 10.2 Å². The third-order valence-corrected chi connectivity index (χ3v) is 4.50. The molecule has 0 aromatic heterocycles. The van der Waals surface area contributed by atoms with Crippen molar-refractivity contribution in [2.75, 3.05) is 11.5 Å². The zero-order valence-electron chi connectivity index (χ0n) is 4.92. The summed E-state index contributed by atoms with van der Waals surface area (Å²) in [4.78, 5) is 0. The van der Waals surface area contributed by atoms with Crippen LogP contribution >= 0.6 is 10.8 Å². The number of hydrogen-bond donors (Lipinski definition) is 0. The molecule has 3 heteroatoms. The normalized spacial score (nSPS) is 39.8. The second-order valence-electron chi connectivity index (χ2n) is 2.19. The molecule has 48 valence electrons. The van der Waals surface area contributed by atoms with Crippen LogP contribution in [0.3, 0.4) is 0 Å². The predicted octanol–water partition coefficient (Wildman–Crippen LogP) is 1.42. The Morgan fingerprint density at radius 2 is 2.50 bits per heavy atom. The lowest BCUT2D eigenvalue weighted by molar-refractivity contribution is 0.581. The molecule has 0 aromatic carbocycles. The van der Waals surface area contributed by atoms with Gasteiger partial charge in [0.05, 0.1) is 10.8 Å². The summed E-state index contributed by atoms with van der Waals surface area (Å²) in [5, 5.41) is 0. The Balaban J connectivity index is 2.19. The Morgan fingerprint density at radius 1 is 1.75 bits per heavy atom. The van der Waals surface area contributed by atoms with Gasteiger partial charge in [-0.25, -0.2) is 0 Å². The molecule has 0 bridgehead atoms. The summed E-state index contributed by atoms with van der Waals surface area (Å²) in [5.74, 6) is 2.79. The molecule has 0 N–H and O–H groups in total. The van der Waals surface area contributed by atoms with Crippen molar-refractivity contribution in [3.63, 3.8) is 0 Å². The highest BCUT2D eigenvalue weighted by Crippen LogP contribution is 2.26. The molecule has 2 unspecified atom stereocenters. The Labute approximate surface area is 56.8 Å². The SMILES string of the molecule is CC1CC[S+]([O-])SC1. The van der Waals surface area contributed by atoms with Gasteiger partial charge in [-0.15, -0.1) is 0 Å². The molecule has 0 aromatic rings. The van der Waals surface area contributed by atoms with Gasteiger partial charge in [-0.3, -0.25) is 0 Å². The third kappa shape index (κ3) is 1.88. The van der Waals surface area contributed by atoms with E-state index in [2.05, 4.69) is 6.92 Å². The van der Waals surface area contributed by atoms with E-state index in [0.29, 0.717) is 0 Å². The minimum absolute atomic E-state index is 0.544. The fourth-order valence-corrected chi connectivity index (χ4v) is 3.69. The first-order chi connectivity index (χ1) is 3.79. The number of hydrogen-bond acceptors (Lipinski definition) is 2. The number of rotatable bonds is 0. The molecule has 1 aliphatic heterocycles. The molecular weight excluding hydrogens is 140 g/mol. The van der Waals surface area contributed by atoms with Crippen LogP contribution in [0, 0.1) is 5.92 Å². The Hall–Kier alpha value is 0.660. The lowest BCUT2D eigenvalue weighted by Crippen LogP contribution is -2.15. The van der Waals surface area contributed by atoms with Gasteiger partial charge in [0, 0.05) is 16.0 Å². The first-order valence-corrected chi connectivity index (χ1v) is 5.63. The maximum atomic E-state index is 10.7. The fraction of sp³-hybridized carbons (Fsp3) is 1.00. The van der Waals surface area contributed by atoms with Gasteiger partial charge in [0.15, 0.2) is 0 Å². The zero-order chi connectivity index (χ0) is 5.98. The van der Waals surface area contributed by atoms with Crippen molar-refractivity contribution < 1.29 is 4.55 Å². The summed E-state index contributed by atoms with van der Waals surface area (Å²) in [6.45, 7) is 2.21. The Bertz CT molecular complexity index is 58.8. The van der Waals surface area contributed by atoms with Gasteiger partial charge in [0.2, 0.25) is 0 Å². The molecule has 0 saturated carbocycles. The molecule has 1 nitrogen and oxygen atoms in total. The van der Waals surface area contributed by atoms with E-state index in [4.69, 9.17) is 0 Å². The van der Waals surface area contributed by atoms with E-state index in [1.807, 2.05) is 0 Å². The van der Waals surface area contributed by atoms with Crippen LogP contribution in [-0.2, 0) is 10.2 Å². The monoisotopic (exact) mass is 150 g/mol. The van der Waals surface area contributed by atoms with Crippen molar-refractivity contribution in [1.82, 2.24) is 0 Å². The molecule has 0 amide bonds. The largest absolute Gasteiger partial charge is 0.605 e. The van der Waals surface area contributed by atoms with Crippen LogP contribution in [-0.4, -0.2) is 16.1 Å². The molecule has 0 spiro atoms. The van der Waals surface area contributed by atoms with Gasteiger partial charge >= 0.3 is 0 Å². The first-order valence-electron chi connectivity index (χ1n) is 2.80. The average molecular weight is 150 g/mol. The molecule has 0 radical (unpaired) electrons. The minimum Gasteiger partial charge on any atom is -0.605 e. The third-order valence-electron chi connectivity index (χ3n) is 1.26. The summed E-state index contributed by atoms with van der Waals surface area (Å²) in [6.07, 6.45) is 1.15. The Morgan fingerprint density at radius 3 is 2.88 bits per heavy atom. The van der Waals surface area contributed by atoms with Crippen LogP contribution in [0.4, 0.5) is 0 Å². The highest BCUT2D eigenvalue weighted by Gasteiger charge is 2.19. The van der Waals surface area contributed by atoms with Crippen LogP contribution in [0.2, 0.25) is 0 Å². The molecule has 1 saturated heterocycles. The minimum atomic E-state index is -0.544. The van der Waals surface area contributed by atoms with E-state index in [9.17, 15) is 4.55 Å². The summed E-state index contributed by atoms with van der Waals surface area (Å²) >= 11 is 0. The molecule has 2 atom stereocenters. The van der Waals surface area contributed by atoms with Gasteiger partial charge in [-0.2, -0.15) is 0 Å². The highest BCUT2D eigenvalue weighted by atomic mass is 33.1. The standard InChI is InChI=1S/C5H10OS2/c1-5-2-3-8(6)7-4-5/h5H,2-4H2,1H3. The molecule has 0 aliphatic carbocycles. The summed E-state index contributed by atoms with van der Waals surface area (Å²) in [6, 6.07) is 0. The van der Waals surface area contributed by atoms with E-state index >= 15 is 0 Å². The van der Waals surface area contributed by atoms with Gasteiger partial charge in [-0.05, 0) is 12.3 Å². The van der Waals surface area contributed by atoms with Crippen molar-refractivity contribution >= 4 is 21.0 Å². The van der Waals surface area contributed by atoms with Crippen molar-refractivity contribution in [3.05, 3.63) is 0 Å².